The van der Waals surface area contributed by atoms with Crippen LogP contribution in [0.5, 0.6) is 0 Å². The first kappa shape index (κ1) is 21.5. The van der Waals surface area contributed by atoms with E-state index in [0.29, 0.717) is 41.3 Å². The molecule has 4 aromatic heterocycles. The number of aryl methyl sites for hydroxylation is 1. The van der Waals surface area contributed by atoms with Gasteiger partial charge in [0, 0.05) is 53.6 Å². The first-order chi connectivity index (χ1) is 15.2. The molecule has 0 spiro atoms. The van der Waals surface area contributed by atoms with Gasteiger partial charge in [0.05, 0.1) is 17.4 Å². The second-order valence-corrected chi connectivity index (χ2v) is 8.68. The number of nitrogens with one attached hydrogen (secondary N) is 1. The van der Waals surface area contributed by atoms with Crippen LogP contribution in [0.3, 0.4) is 0 Å². The van der Waals surface area contributed by atoms with Crippen LogP contribution >= 0.6 is 0 Å². The van der Waals surface area contributed by atoms with Gasteiger partial charge in [-0.25, -0.2) is 9.97 Å². The Balaban J connectivity index is 1.70. The molecule has 4 heterocycles. The monoisotopic (exact) mass is 431 g/mol. The summed E-state index contributed by atoms with van der Waals surface area (Å²) in [6.45, 7) is 7.64. The fourth-order valence-corrected chi connectivity index (χ4v) is 3.33. The molecule has 0 saturated heterocycles. The Hall–Kier alpha value is -3.77. The molecule has 0 atom stereocenters. The van der Waals surface area contributed by atoms with Gasteiger partial charge in [0.2, 0.25) is 0 Å². The van der Waals surface area contributed by atoms with Gasteiger partial charge >= 0.3 is 0 Å². The smallest absolute Gasteiger partial charge is 0.164 e. The van der Waals surface area contributed by atoms with Gasteiger partial charge in [0.15, 0.2) is 11.5 Å². The Bertz CT molecular complexity index is 1290. The van der Waals surface area contributed by atoms with Crippen molar-refractivity contribution < 1.29 is 9.63 Å². The lowest BCUT2D eigenvalue weighted by Gasteiger charge is -2.15. The number of hydrogen-bond donors (Lipinski definition) is 2. The van der Waals surface area contributed by atoms with Crippen LogP contribution in [0.4, 0.5) is 5.69 Å². The summed E-state index contributed by atoms with van der Waals surface area (Å²) in [4.78, 5) is 8.96. The number of hydrogen-bond acceptors (Lipinski definition) is 8. The van der Waals surface area contributed by atoms with Crippen LogP contribution in [0.15, 0.2) is 41.3 Å². The van der Waals surface area contributed by atoms with Crippen molar-refractivity contribution in [3.63, 3.8) is 0 Å². The molecule has 9 heteroatoms. The molecule has 0 fully saturated rings. The zero-order valence-corrected chi connectivity index (χ0v) is 18.5. The molecule has 2 N–H and O–H groups in total. The number of nitrogens with zero attached hydrogens (tertiary/aromatic N) is 6. The summed E-state index contributed by atoms with van der Waals surface area (Å²) >= 11 is 0. The minimum atomic E-state index is -0.769. The topological polar surface area (TPSA) is 126 Å². The van der Waals surface area contributed by atoms with Gasteiger partial charge in [0.1, 0.15) is 17.5 Å². The summed E-state index contributed by atoms with van der Waals surface area (Å²) in [5.74, 6) is 1.30. The van der Waals surface area contributed by atoms with E-state index < -0.39 is 5.60 Å². The first-order valence-corrected chi connectivity index (χ1v) is 10.4. The lowest BCUT2D eigenvalue weighted by molar-refractivity contribution is 0.0693. The highest BCUT2D eigenvalue weighted by Gasteiger charge is 2.18. The first-order valence-electron chi connectivity index (χ1n) is 10.4. The van der Waals surface area contributed by atoms with E-state index >= 15 is 0 Å². The molecular weight excluding hydrogens is 406 g/mol. The number of nitriles is 1. The van der Waals surface area contributed by atoms with Gasteiger partial charge in [-0.05, 0) is 40.2 Å². The largest absolute Gasteiger partial charge is 0.390 e. The maximum absolute atomic E-state index is 9.96. The van der Waals surface area contributed by atoms with Gasteiger partial charge in [0.25, 0.3) is 0 Å². The van der Waals surface area contributed by atoms with E-state index in [1.165, 1.54) is 6.20 Å². The maximum Gasteiger partial charge on any atom is 0.164 e. The molecule has 9 nitrogen and oxygen atoms in total. The summed E-state index contributed by atoms with van der Waals surface area (Å²) < 4.78 is 7.13. The molecule has 4 aromatic rings. The molecule has 0 saturated carbocycles. The van der Waals surface area contributed by atoms with E-state index in [1.54, 1.807) is 37.0 Å². The van der Waals surface area contributed by atoms with Crippen LogP contribution in [0.2, 0.25) is 0 Å². The number of rotatable bonds is 7. The van der Waals surface area contributed by atoms with Gasteiger partial charge in [-0.2, -0.15) is 15.0 Å². The van der Waals surface area contributed by atoms with Crippen LogP contribution in [0, 0.1) is 11.3 Å². The second-order valence-electron chi connectivity index (χ2n) is 8.68. The fraction of sp³-hybridized carbons (Fsp3) is 0.348. The normalized spacial score (nSPS) is 11.8. The Kier molecular flexibility index (Phi) is 5.63. The average Bonchev–Trinajstić information content (AvgIpc) is 3.38. The highest BCUT2D eigenvalue weighted by atomic mass is 16.5. The van der Waals surface area contributed by atoms with E-state index in [4.69, 9.17) is 9.78 Å². The third kappa shape index (κ3) is 4.60. The van der Waals surface area contributed by atoms with Crippen molar-refractivity contribution in [2.24, 2.45) is 0 Å². The fourth-order valence-electron chi connectivity index (χ4n) is 3.33. The molecule has 32 heavy (non-hydrogen) atoms. The average molecular weight is 432 g/mol. The number of pyridine rings is 2. The number of aromatic nitrogens is 5. The Labute approximate surface area is 185 Å². The quantitative estimate of drug-likeness (QED) is 0.452. The number of aliphatic hydroxyl groups is 1. The zero-order valence-electron chi connectivity index (χ0n) is 18.5. The number of fused-ring (bicyclic) bond motifs is 1. The molecule has 0 aliphatic heterocycles. The van der Waals surface area contributed by atoms with E-state index in [0.717, 1.165) is 16.6 Å². The van der Waals surface area contributed by atoms with Crippen molar-refractivity contribution >= 4 is 16.7 Å². The molecule has 0 aliphatic carbocycles. The standard InChI is InChI=1S/C23H25N7O2/c1-14(2)28-19-9-21(30-22-16(12-27-30)7-15(10-24)11-26-22)25-13-18(19)20-8-17(32-29-20)5-6-23(3,4)31/h7-9,11-14,31H,5-6H2,1-4H3,(H,25,28). The van der Waals surface area contributed by atoms with Crippen molar-refractivity contribution in [1.29, 1.82) is 5.26 Å². The Morgan fingerprint density at radius 2 is 2.00 bits per heavy atom. The highest BCUT2D eigenvalue weighted by molar-refractivity contribution is 5.79. The molecule has 0 aliphatic rings. The summed E-state index contributed by atoms with van der Waals surface area (Å²) in [7, 11) is 0. The van der Waals surface area contributed by atoms with Crippen molar-refractivity contribution in [3.05, 3.63) is 48.1 Å². The molecule has 164 valence electrons. The van der Waals surface area contributed by atoms with Crippen LogP contribution < -0.4 is 5.32 Å². The van der Waals surface area contributed by atoms with E-state index in [9.17, 15) is 5.11 Å². The third-order valence-corrected chi connectivity index (χ3v) is 4.91. The molecule has 0 bridgehead atoms. The predicted octanol–water partition coefficient (Wildman–Crippen LogP) is 3.87. The predicted molar refractivity (Wildman–Crippen MR) is 120 cm³/mol. The Morgan fingerprint density at radius 1 is 1.19 bits per heavy atom. The lowest BCUT2D eigenvalue weighted by atomic mass is 10.0. The minimum Gasteiger partial charge on any atom is -0.390 e. The van der Waals surface area contributed by atoms with Gasteiger partial charge in [-0.15, -0.1) is 0 Å². The molecule has 0 aromatic carbocycles. The molecule has 0 unspecified atom stereocenters. The van der Waals surface area contributed by atoms with Gasteiger partial charge in [-0.1, -0.05) is 5.16 Å². The van der Waals surface area contributed by atoms with Crippen molar-refractivity contribution in [3.8, 4) is 23.1 Å². The highest BCUT2D eigenvalue weighted by Crippen LogP contribution is 2.30. The lowest BCUT2D eigenvalue weighted by Crippen LogP contribution is -2.18. The van der Waals surface area contributed by atoms with Crippen molar-refractivity contribution in [2.75, 3.05) is 5.32 Å². The van der Waals surface area contributed by atoms with E-state index in [-0.39, 0.29) is 6.04 Å². The zero-order chi connectivity index (χ0) is 22.9. The SMILES string of the molecule is CC(C)Nc1cc(-n2ncc3cc(C#N)cnc32)ncc1-c1cc(CCC(C)(C)O)on1. The van der Waals surface area contributed by atoms with Crippen LogP contribution in [0.25, 0.3) is 28.1 Å². The minimum absolute atomic E-state index is 0.177. The van der Waals surface area contributed by atoms with Crippen molar-refractivity contribution in [1.82, 2.24) is 24.9 Å². The van der Waals surface area contributed by atoms with Crippen LogP contribution in [-0.4, -0.2) is 41.7 Å². The van der Waals surface area contributed by atoms with E-state index in [2.05, 4.69) is 45.5 Å². The molecule has 4 rings (SSSR count). The summed E-state index contributed by atoms with van der Waals surface area (Å²) in [5, 5.41) is 31.9. The second kappa shape index (κ2) is 8.40. The Morgan fingerprint density at radius 3 is 2.72 bits per heavy atom. The van der Waals surface area contributed by atoms with E-state index in [1.807, 2.05) is 12.1 Å². The van der Waals surface area contributed by atoms with Crippen molar-refractivity contribution in [2.45, 2.75) is 52.2 Å². The molecule has 0 radical (unpaired) electrons. The molecular formula is C23H25N7O2. The summed E-state index contributed by atoms with van der Waals surface area (Å²) in [6, 6.07) is 7.79. The van der Waals surface area contributed by atoms with Crippen LogP contribution in [-0.2, 0) is 6.42 Å². The molecule has 0 amide bonds. The number of anilines is 1. The third-order valence-electron chi connectivity index (χ3n) is 4.91. The summed E-state index contributed by atoms with van der Waals surface area (Å²) in [6.07, 6.45) is 6.08. The maximum atomic E-state index is 9.96. The summed E-state index contributed by atoms with van der Waals surface area (Å²) in [5.41, 5.74) is 2.64. The van der Waals surface area contributed by atoms with Crippen LogP contribution in [0.1, 0.15) is 45.4 Å². The van der Waals surface area contributed by atoms with Gasteiger partial charge in [-0.3, -0.25) is 0 Å². The van der Waals surface area contributed by atoms with Gasteiger partial charge < -0.3 is 14.9 Å².